The summed E-state index contributed by atoms with van der Waals surface area (Å²) in [6.07, 6.45) is 2.35. The second-order valence-electron chi connectivity index (χ2n) is 4.82. The standard InChI is InChI=1S/C14H18BrNO2/c1-4-5-9(2)13(15)10-6-7-11-12(8-10)18-14(17)16(11)3/h6-9,13H,4-5H2,1-3H3. The summed E-state index contributed by atoms with van der Waals surface area (Å²) >= 11 is 3.74. The molecule has 0 spiro atoms. The van der Waals surface area contributed by atoms with E-state index in [1.54, 1.807) is 7.05 Å². The Bertz CT molecular complexity index is 599. The SMILES string of the molecule is CCCC(C)C(Br)c1ccc2c(c1)oc(=O)n2C. The Morgan fingerprint density at radius 2 is 2.17 bits per heavy atom. The van der Waals surface area contributed by atoms with Gasteiger partial charge in [-0.1, -0.05) is 42.3 Å². The topological polar surface area (TPSA) is 35.1 Å². The molecule has 0 saturated heterocycles. The Labute approximate surface area is 115 Å². The first-order valence-corrected chi connectivity index (χ1v) is 7.19. The van der Waals surface area contributed by atoms with Crippen molar-refractivity contribution in [2.75, 3.05) is 0 Å². The third-order valence-electron chi connectivity index (χ3n) is 3.38. The lowest BCUT2D eigenvalue weighted by Gasteiger charge is -2.17. The molecule has 0 fully saturated rings. The van der Waals surface area contributed by atoms with Crippen LogP contribution in [0.3, 0.4) is 0 Å². The lowest BCUT2D eigenvalue weighted by molar-refractivity contribution is 0.515. The fourth-order valence-corrected chi connectivity index (χ4v) is 2.80. The van der Waals surface area contributed by atoms with Gasteiger partial charge in [0, 0.05) is 11.9 Å². The van der Waals surface area contributed by atoms with E-state index in [2.05, 4.69) is 35.8 Å². The van der Waals surface area contributed by atoms with Crippen molar-refractivity contribution in [3.05, 3.63) is 34.3 Å². The molecule has 2 unspecified atom stereocenters. The van der Waals surface area contributed by atoms with Crippen molar-refractivity contribution in [1.82, 2.24) is 4.57 Å². The lowest BCUT2D eigenvalue weighted by Crippen LogP contribution is -2.08. The van der Waals surface area contributed by atoms with Gasteiger partial charge in [0.05, 0.1) is 5.52 Å². The Hall–Kier alpha value is -1.03. The highest BCUT2D eigenvalue weighted by molar-refractivity contribution is 9.09. The fraction of sp³-hybridized carbons (Fsp3) is 0.500. The van der Waals surface area contributed by atoms with E-state index in [0.717, 1.165) is 11.1 Å². The van der Waals surface area contributed by atoms with E-state index in [4.69, 9.17) is 4.42 Å². The molecule has 0 aliphatic carbocycles. The molecule has 0 radical (unpaired) electrons. The van der Waals surface area contributed by atoms with E-state index >= 15 is 0 Å². The first kappa shape index (κ1) is 13.4. The maximum Gasteiger partial charge on any atom is 0.419 e. The zero-order chi connectivity index (χ0) is 13.3. The number of rotatable bonds is 4. The summed E-state index contributed by atoms with van der Waals surface area (Å²) in [5.41, 5.74) is 2.66. The van der Waals surface area contributed by atoms with Gasteiger partial charge in [0.15, 0.2) is 5.58 Å². The summed E-state index contributed by atoms with van der Waals surface area (Å²) in [7, 11) is 1.72. The van der Waals surface area contributed by atoms with Gasteiger partial charge in [0.1, 0.15) is 0 Å². The molecule has 18 heavy (non-hydrogen) atoms. The van der Waals surface area contributed by atoms with Gasteiger partial charge in [-0.25, -0.2) is 4.79 Å². The van der Waals surface area contributed by atoms with Crippen molar-refractivity contribution in [2.24, 2.45) is 13.0 Å². The van der Waals surface area contributed by atoms with Crippen LogP contribution in [-0.2, 0) is 7.05 Å². The first-order chi connectivity index (χ1) is 8.54. The minimum atomic E-state index is -0.310. The number of benzene rings is 1. The number of aromatic nitrogens is 1. The zero-order valence-electron chi connectivity index (χ0n) is 10.9. The molecule has 4 heteroatoms. The molecule has 0 aliphatic heterocycles. The number of hydrogen-bond donors (Lipinski definition) is 0. The second-order valence-corrected chi connectivity index (χ2v) is 5.81. The Morgan fingerprint density at radius 3 is 2.83 bits per heavy atom. The molecule has 2 aromatic rings. The number of nitrogens with zero attached hydrogens (tertiary/aromatic N) is 1. The predicted octanol–water partition coefficient (Wildman–Crippen LogP) is 4.00. The van der Waals surface area contributed by atoms with Crippen LogP contribution in [0.1, 0.15) is 37.1 Å². The summed E-state index contributed by atoms with van der Waals surface area (Å²) in [5.74, 6) is 0.248. The molecule has 0 N–H and O–H groups in total. The van der Waals surface area contributed by atoms with Gasteiger partial charge in [0.25, 0.3) is 0 Å². The molecule has 3 nitrogen and oxygen atoms in total. The average Bonchev–Trinajstić information content (AvgIpc) is 2.64. The van der Waals surface area contributed by atoms with E-state index < -0.39 is 0 Å². The number of halogens is 1. The molecule has 2 atom stereocenters. The lowest BCUT2D eigenvalue weighted by atomic mass is 9.96. The normalized spacial score (nSPS) is 14.9. The summed E-state index contributed by atoms with van der Waals surface area (Å²) in [4.78, 5) is 11.7. The quantitative estimate of drug-likeness (QED) is 0.800. The average molecular weight is 312 g/mol. The van der Waals surface area contributed by atoms with Crippen LogP contribution in [0.2, 0.25) is 0 Å². The molecule has 98 valence electrons. The highest BCUT2D eigenvalue weighted by Crippen LogP contribution is 2.34. The molecule has 0 saturated carbocycles. The molecule has 2 rings (SSSR count). The van der Waals surface area contributed by atoms with Gasteiger partial charge in [-0.3, -0.25) is 4.57 Å². The van der Waals surface area contributed by atoms with Crippen molar-refractivity contribution in [2.45, 2.75) is 31.5 Å². The van der Waals surface area contributed by atoms with Crippen LogP contribution in [0.5, 0.6) is 0 Å². The van der Waals surface area contributed by atoms with Crippen molar-refractivity contribution in [3.63, 3.8) is 0 Å². The van der Waals surface area contributed by atoms with E-state index in [1.165, 1.54) is 17.4 Å². The van der Waals surface area contributed by atoms with E-state index in [1.807, 2.05) is 12.1 Å². The van der Waals surface area contributed by atoms with Crippen LogP contribution >= 0.6 is 15.9 Å². The smallest absolute Gasteiger partial charge is 0.408 e. The van der Waals surface area contributed by atoms with Crippen molar-refractivity contribution in [1.29, 1.82) is 0 Å². The molecule has 0 aliphatic rings. The van der Waals surface area contributed by atoms with Crippen LogP contribution in [0.15, 0.2) is 27.4 Å². The largest absolute Gasteiger partial charge is 0.419 e. The van der Waals surface area contributed by atoms with E-state index in [9.17, 15) is 4.79 Å². The maximum atomic E-state index is 11.4. The minimum Gasteiger partial charge on any atom is -0.408 e. The summed E-state index contributed by atoms with van der Waals surface area (Å²) in [6, 6.07) is 5.97. The molecule has 1 aromatic heterocycles. The molecule has 1 heterocycles. The number of fused-ring (bicyclic) bond motifs is 1. The van der Waals surface area contributed by atoms with Crippen LogP contribution in [0, 0.1) is 5.92 Å². The second kappa shape index (κ2) is 5.31. The molecule has 1 aromatic carbocycles. The molecular weight excluding hydrogens is 294 g/mol. The first-order valence-electron chi connectivity index (χ1n) is 6.28. The summed E-state index contributed by atoms with van der Waals surface area (Å²) in [6.45, 7) is 4.42. The van der Waals surface area contributed by atoms with Crippen LogP contribution < -0.4 is 5.76 Å². The predicted molar refractivity (Wildman–Crippen MR) is 77.2 cm³/mol. The number of alkyl halides is 1. The van der Waals surface area contributed by atoms with Gasteiger partial charge in [-0.15, -0.1) is 0 Å². The van der Waals surface area contributed by atoms with E-state index in [0.29, 0.717) is 16.3 Å². The van der Waals surface area contributed by atoms with Crippen LogP contribution in [0.25, 0.3) is 11.1 Å². The van der Waals surface area contributed by atoms with Crippen molar-refractivity contribution >= 4 is 27.0 Å². The van der Waals surface area contributed by atoms with Crippen LogP contribution in [0.4, 0.5) is 0 Å². The molecule has 0 amide bonds. The third kappa shape index (κ3) is 2.39. The fourth-order valence-electron chi connectivity index (χ4n) is 2.25. The minimum absolute atomic E-state index is 0.298. The summed E-state index contributed by atoms with van der Waals surface area (Å²) < 4.78 is 6.74. The Balaban J connectivity index is 2.38. The van der Waals surface area contributed by atoms with Gasteiger partial charge < -0.3 is 4.42 Å². The zero-order valence-corrected chi connectivity index (χ0v) is 12.5. The van der Waals surface area contributed by atoms with Gasteiger partial charge in [-0.05, 0) is 30.0 Å². The van der Waals surface area contributed by atoms with Gasteiger partial charge >= 0.3 is 5.76 Å². The molecular formula is C14H18BrNO2. The highest BCUT2D eigenvalue weighted by Gasteiger charge is 2.17. The van der Waals surface area contributed by atoms with Crippen molar-refractivity contribution < 1.29 is 4.42 Å². The van der Waals surface area contributed by atoms with E-state index in [-0.39, 0.29) is 5.76 Å². The maximum absolute atomic E-state index is 11.4. The monoisotopic (exact) mass is 311 g/mol. The number of hydrogen-bond acceptors (Lipinski definition) is 2. The van der Waals surface area contributed by atoms with Crippen LogP contribution in [-0.4, -0.2) is 4.57 Å². The third-order valence-corrected chi connectivity index (χ3v) is 4.81. The highest BCUT2D eigenvalue weighted by atomic mass is 79.9. The Kier molecular flexibility index (Phi) is 3.95. The Morgan fingerprint density at radius 1 is 1.44 bits per heavy atom. The number of oxazole rings is 1. The van der Waals surface area contributed by atoms with Gasteiger partial charge in [-0.2, -0.15) is 0 Å². The number of aryl methyl sites for hydroxylation is 1. The molecule has 0 bridgehead atoms. The summed E-state index contributed by atoms with van der Waals surface area (Å²) in [5, 5.41) is 0. The van der Waals surface area contributed by atoms with Crippen molar-refractivity contribution in [3.8, 4) is 0 Å². The van der Waals surface area contributed by atoms with Gasteiger partial charge in [0.2, 0.25) is 0 Å².